The number of halogens is 3. The van der Waals surface area contributed by atoms with E-state index in [1.165, 1.54) is 6.07 Å². The second-order valence-corrected chi connectivity index (χ2v) is 9.50. The molecule has 3 aromatic heterocycles. The van der Waals surface area contributed by atoms with Crippen LogP contribution in [-0.4, -0.2) is 57.7 Å². The largest absolute Gasteiger partial charge is 0.417 e. The van der Waals surface area contributed by atoms with Gasteiger partial charge in [0.15, 0.2) is 5.65 Å². The molecular weight excluding hydrogens is 485 g/mol. The fourth-order valence-corrected chi connectivity index (χ4v) is 4.57. The van der Waals surface area contributed by atoms with Gasteiger partial charge in [-0.15, -0.1) is 0 Å². The summed E-state index contributed by atoms with van der Waals surface area (Å²) in [4.78, 5) is 24.8. The first-order valence-corrected chi connectivity index (χ1v) is 12.1. The summed E-state index contributed by atoms with van der Waals surface area (Å²) in [7, 11) is 0. The standard InChI is InChI=1S/C25H25F3N8O/c1-15-16(11-23(37)31-15)10-17-13-30-36-22(32-19-3-4-19)12-21(33-24(17)36)35-8-6-34(7-9-35)20-5-2-18(14-29-20)25(26,27)28/h2,5,10,12-14,19,32H,1,3-4,6-9,11H2,(H,31,37)/b16-10+. The minimum atomic E-state index is -4.40. The fraction of sp³-hybridized carbons (Fsp3) is 0.360. The smallest absolute Gasteiger partial charge is 0.367 e. The number of carbonyl (C=O) groups is 1. The van der Waals surface area contributed by atoms with Crippen molar-refractivity contribution in [2.75, 3.05) is 41.3 Å². The Morgan fingerprint density at radius 3 is 2.41 bits per heavy atom. The van der Waals surface area contributed by atoms with Crippen LogP contribution in [0, 0.1) is 0 Å². The van der Waals surface area contributed by atoms with E-state index in [2.05, 4.69) is 32.2 Å². The highest BCUT2D eigenvalue weighted by Crippen LogP contribution is 2.31. The van der Waals surface area contributed by atoms with Gasteiger partial charge >= 0.3 is 6.18 Å². The van der Waals surface area contributed by atoms with E-state index in [0.717, 1.165) is 47.9 Å². The van der Waals surface area contributed by atoms with Gasteiger partial charge in [-0.05, 0) is 36.6 Å². The van der Waals surface area contributed by atoms with Crippen molar-refractivity contribution < 1.29 is 18.0 Å². The number of alkyl halides is 3. The van der Waals surface area contributed by atoms with Crippen molar-refractivity contribution in [2.45, 2.75) is 31.5 Å². The van der Waals surface area contributed by atoms with Crippen molar-refractivity contribution in [3.05, 3.63) is 59.6 Å². The summed E-state index contributed by atoms with van der Waals surface area (Å²) in [5, 5.41) is 10.8. The summed E-state index contributed by atoms with van der Waals surface area (Å²) in [5.74, 6) is 2.07. The van der Waals surface area contributed by atoms with Crippen molar-refractivity contribution in [2.24, 2.45) is 0 Å². The third-order valence-electron chi connectivity index (χ3n) is 6.78. The summed E-state index contributed by atoms with van der Waals surface area (Å²) in [6.45, 7) is 6.38. The number of pyridine rings is 1. The monoisotopic (exact) mass is 510 g/mol. The number of hydrogen-bond acceptors (Lipinski definition) is 7. The number of allylic oxidation sites excluding steroid dienone is 1. The molecule has 9 nitrogen and oxygen atoms in total. The van der Waals surface area contributed by atoms with E-state index in [1.807, 2.05) is 17.0 Å². The van der Waals surface area contributed by atoms with Gasteiger partial charge in [0.2, 0.25) is 5.91 Å². The summed E-state index contributed by atoms with van der Waals surface area (Å²) in [6, 6.07) is 4.88. The van der Waals surface area contributed by atoms with Crippen molar-refractivity contribution in [3.8, 4) is 0 Å². The number of aromatic nitrogens is 4. The summed E-state index contributed by atoms with van der Waals surface area (Å²) < 4.78 is 40.4. The number of amides is 1. The van der Waals surface area contributed by atoms with Crippen LogP contribution >= 0.6 is 0 Å². The van der Waals surface area contributed by atoms with E-state index in [9.17, 15) is 18.0 Å². The molecule has 1 amide bonds. The molecule has 0 atom stereocenters. The molecule has 2 N–H and O–H groups in total. The fourth-order valence-electron chi connectivity index (χ4n) is 4.57. The van der Waals surface area contributed by atoms with Crippen molar-refractivity contribution in [1.82, 2.24) is 24.9 Å². The molecule has 0 radical (unpaired) electrons. The lowest BCUT2D eigenvalue weighted by Gasteiger charge is -2.36. The zero-order valence-electron chi connectivity index (χ0n) is 19.9. The van der Waals surface area contributed by atoms with Gasteiger partial charge in [0, 0.05) is 55.7 Å². The lowest BCUT2D eigenvalue weighted by molar-refractivity contribution is -0.137. The quantitative estimate of drug-likeness (QED) is 0.543. The molecule has 1 saturated carbocycles. The minimum absolute atomic E-state index is 0.0853. The molecule has 192 valence electrons. The molecular formula is C25H25F3N8O. The zero-order chi connectivity index (χ0) is 25.7. The summed E-state index contributed by atoms with van der Waals surface area (Å²) >= 11 is 0. The molecule has 3 aromatic rings. The highest BCUT2D eigenvalue weighted by Gasteiger charge is 2.31. The molecule has 0 unspecified atom stereocenters. The Bertz CT molecular complexity index is 1400. The maximum Gasteiger partial charge on any atom is 0.417 e. The molecule has 1 aliphatic carbocycles. The zero-order valence-corrected chi connectivity index (χ0v) is 19.9. The van der Waals surface area contributed by atoms with Crippen LogP contribution in [0.4, 0.5) is 30.6 Å². The van der Waals surface area contributed by atoms with Crippen LogP contribution in [-0.2, 0) is 11.0 Å². The summed E-state index contributed by atoms with van der Waals surface area (Å²) in [5.41, 5.74) is 2.11. The average Bonchev–Trinajstić information content (AvgIpc) is 3.51. The number of carbonyl (C=O) groups excluding carboxylic acids is 1. The van der Waals surface area contributed by atoms with Crippen LogP contribution in [0.15, 0.2) is 48.4 Å². The molecule has 2 saturated heterocycles. The normalized spacial score (nSPS) is 19.7. The molecule has 0 aromatic carbocycles. The highest BCUT2D eigenvalue weighted by molar-refractivity contribution is 5.89. The molecule has 12 heteroatoms. The number of hydrogen-bond donors (Lipinski definition) is 2. The molecule has 37 heavy (non-hydrogen) atoms. The Morgan fingerprint density at radius 2 is 1.81 bits per heavy atom. The lowest BCUT2D eigenvalue weighted by atomic mass is 10.1. The van der Waals surface area contributed by atoms with Gasteiger partial charge in [0.1, 0.15) is 17.5 Å². The van der Waals surface area contributed by atoms with Gasteiger partial charge in [-0.3, -0.25) is 4.79 Å². The molecule has 5 heterocycles. The topological polar surface area (TPSA) is 90.7 Å². The third kappa shape index (κ3) is 4.70. The first kappa shape index (κ1) is 23.3. The number of nitrogens with one attached hydrogen (secondary N) is 2. The van der Waals surface area contributed by atoms with Gasteiger partial charge < -0.3 is 20.4 Å². The molecule has 0 spiro atoms. The second kappa shape index (κ2) is 8.79. The predicted molar refractivity (Wildman–Crippen MR) is 133 cm³/mol. The lowest BCUT2D eigenvalue weighted by Crippen LogP contribution is -2.47. The number of nitrogens with zero attached hydrogens (tertiary/aromatic N) is 6. The number of piperazine rings is 1. The van der Waals surface area contributed by atoms with Crippen LogP contribution in [0.5, 0.6) is 0 Å². The maximum absolute atomic E-state index is 12.9. The van der Waals surface area contributed by atoms with Gasteiger partial charge in [-0.25, -0.2) is 9.97 Å². The van der Waals surface area contributed by atoms with Crippen molar-refractivity contribution in [1.29, 1.82) is 0 Å². The third-order valence-corrected chi connectivity index (χ3v) is 6.78. The first-order valence-electron chi connectivity index (χ1n) is 12.1. The summed E-state index contributed by atoms with van der Waals surface area (Å²) in [6.07, 6.45) is 2.58. The van der Waals surface area contributed by atoms with E-state index < -0.39 is 11.7 Å². The van der Waals surface area contributed by atoms with E-state index in [-0.39, 0.29) is 12.3 Å². The molecule has 3 aliphatic rings. The van der Waals surface area contributed by atoms with Crippen LogP contribution in [0.1, 0.15) is 30.4 Å². The Kier molecular flexibility index (Phi) is 5.54. The number of rotatable bonds is 5. The first-order chi connectivity index (χ1) is 17.7. The Labute approximate surface area is 210 Å². The van der Waals surface area contributed by atoms with Crippen molar-refractivity contribution in [3.63, 3.8) is 0 Å². The van der Waals surface area contributed by atoms with Crippen LogP contribution in [0.3, 0.4) is 0 Å². The SMILES string of the molecule is C=C1NC(=O)C/C1=C\c1cnn2c(NC3CC3)cc(N3CCN(c4ccc(C(F)(F)F)cn4)CC3)nc12. The van der Waals surface area contributed by atoms with Crippen LogP contribution < -0.4 is 20.4 Å². The van der Waals surface area contributed by atoms with Gasteiger partial charge in [0.05, 0.1) is 18.2 Å². The Balaban J connectivity index is 1.25. The highest BCUT2D eigenvalue weighted by atomic mass is 19.4. The van der Waals surface area contributed by atoms with Gasteiger partial charge in [-0.1, -0.05) is 6.58 Å². The second-order valence-electron chi connectivity index (χ2n) is 9.50. The van der Waals surface area contributed by atoms with Crippen LogP contribution in [0.2, 0.25) is 0 Å². The van der Waals surface area contributed by atoms with Crippen molar-refractivity contribution >= 4 is 35.1 Å². The Hall–Kier alpha value is -4.09. The maximum atomic E-state index is 12.9. The molecule has 6 rings (SSSR count). The average molecular weight is 511 g/mol. The molecule has 2 aliphatic heterocycles. The van der Waals surface area contributed by atoms with Crippen LogP contribution in [0.25, 0.3) is 11.7 Å². The number of anilines is 3. The molecule has 3 fully saturated rings. The molecule has 0 bridgehead atoms. The predicted octanol–water partition coefficient (Wildman–Crippen LogP) is 3.46. The Morgan fingerprint density at radius 1 is 1.08 bits per heavy atom. The number of fused-ring (bicyclic) bond motifs is 1. The van der Waals surface area contributed by atoms with E-state index >= 15 is 0 Å². The van der Waals surface area contributed by atoms with Gasteiger partial charge in [-0.2, -0.15) is 22.8 Å². The van der Waals surface area contributed by atoms with E-state index in [1.54, 1.807) is 10.7 Å². The van der Waals surface area contributed by atoms with E-state index in [0.29, 0.717) is 49.4 Å². The minimum Gasteiger partial charge on any atom is -0.367 e. The van der Waals surface area contributed by atoms with E-state index in [4.69, 9.17) is 4.98 Å². The van der Waals surface area contributed by atoms with Gasteiger partial charge in [0.25, 0.3) is 0 Å².